The minimum absolute atomic E-state index is 0.175. The molecule has 0 radical (unpaired) electrons. The highest BCUT2D eigenvalue weighted by Gasteiger charge is 2.59. The Bertz CT molecular complexity index is 2630. The third-order valence-electron chi connectivity index (χ3n) is 22.2. The molecule has 666 valence electrons. The lowest BCUT2D eigenvalue weighted by Crippen LogP contribution is -2.71. The topological polar surface area (TPSA) is 562 Å². The first-order valence-electron chi connectivity index (χ1n) is 42.0. The van der Waals surface area contributed by atoms with Crippen molar-refractivity contribution in [3.8, 4) is 0 Å². The van der Waals surface area contributed by atoms with Crippen molar-refractivity contribution in [3.63, 3.8) is 0 Å². The second-order valence-corrected chi connectivity index (χ2v) is 31.4. The second kappa shape index (κ2) is 53.7. The van der Waals surface area contributed by atoms with Gasteiger partial charge in [0.25, 0.3) is 0 Å². The predicted octanol–water partition coefficient (Wildman–Crippen LogP) is -1.64. The van der Waals surface area contributed by atoms with Crippen LogP contribution in [-0.2, 0) is 71.2 Å². The van der Waals surface area contributed by atoms with Crippen LogP contribution >= 0.6 is 0 Å². The number of carbonyl (C=O) groups excluding carboxylic acids is 3. The lowest BCUT2D eigenvalue weighted by Gasteiger charge is -2.51. The number of carbonyl (C=O) groups is 3. The fourth-order valence-electron chi connectivity index (χ4n) is 15.4. The van der Waals surface area contributed by atoms with E-state index in [1.165, 1.54) is 122 Å². The van der Waals surface area contributed by atoms with Gasteiger partial charge in [-0.15, -0.1) is 0 Å². The molecular weight excluding hydrogens is 1510 g/mol. The highest BCUT2D eigenvalue weighted by molar-refractivity contribution is 5.76. The minimum Gasteiger partial charge on any atom is -0.394 e. The molecule has 3 amide bonds. The summed E-state index contributed by atoms with van der Waals surface area (Å²) in [5, 5.41) is 208. The van der Waals surface area contributed by atoms with E-state index in [1.54, 1.807) is 6.08 Å². The third kappa shape index (κ3) is 30.5. The normalized spacial score (nSPS) is 36.8. The van der Waals surface area contributed by atoms with Gasteiger partial charge in [0.2, 0.25) is 17.7 Å². The van der Waals surface area contributed by atoms with E-state index in [1.807, 2.05) is 6.08 Å². The fraction of sp³-hybridized carbons (Fsp3) is 0.936. The van der Waals surface area contributed by atoms with Gasteiger partial charge in [-0.2, -0.15) is 0 Å². The monoisotopic (exact) mass is 1650 g/mol. The molecule has 6 rings (SSSR count). The summed E-state index contributed by atoms with van der Waals surface area (Å²) in [7, 11) is 0. The number of aliphatic hydroxyl groups excluding tert-OH is 18. The smallest absolute Gasteiger partial charge is 0.220 e. The molecule has 32 atom stereocenters. The van der Waals surface area contributed by atoms with Crippen LogP contribution in [0.4, 0.5) is 0 Å². The zero-order chi connectivity index (χ0) is 83.4. The van der Waals surface area contributed by atoms with Crippen LogP contribution in [0.25, 0.3) is 0 Å². The maximum Gasteiger partial charge on any atom is 0.220 e. The van der Waals surface area contributed by atoms with Crippen molar-refractivity contribution < 1.29 is 163 Å². The summed E-state index contributed by atoms with van der Waals surface area (Å²) in [5.74, 6) is -2.06. The molecule has 0 aromatic rings. The molecule has 6 fully saturated rings. The van der Waals surface area contributed by atoms with Gasteiger partial charge < -0.3 is 165 Å². The summed E-state index contributed by atoms with van der Waals surface area (Å²) in [6, 6.07) is -4.66. The van der Waals surface area contributed by atoms with Gasteiger partial charge in [-0.05, 0) is 19.3 Å². The molecular formula is C78H141N3O33. The third-order valence-corrected chi connectivity index (χ3v) is 22.2. The number of ether oxygens (including phenoxy) is 12. The summed E-state index contributed by atoms with van der Waals surface area (Å²) in [6.45, 7) is 0.0486. The van der Waals surface area contributed by atoms with Crippen molar-refractivity contribution >= 4 is 17.7 Å². The van der Waals surface area contributed by atoms with E-state index in [-0.39, 0.29) is 12.3 Å². The molecule has 6 aliphatic heterocycles. The summed E-state index contributed by atoms with van der Waals surface area (Å²) in [4.78, 5) is 39.3. The van der Waals surface area contributed by atoms with Crippen molar-refractivity contribution in [1.29, 1.82) is 0 Å². The van der Waals surface area contributed by atoms with E-state index >= 15 is 0 Å². The van der Waals surface area contributed by atoms with Crippen LogP contribution in [0.3, 0.4) is 0 Å². The Morgan fingerprint density at radius 1 is 0.342 bits per heavy atom. The molecule has 0 bridgehead atoms. The van der Waals surface area contributed by atoms with Gasteiger partial charge in [0, 0.05) is 20.3 Å². The zero-order valence-corrected chi connectivity index (χ0v) is 67.0. The van der Waals surface area contributed by atoms with Gasteiger partial charge in [-0.25, -0.2) is 0 Å². The van der Waals surface area contributed by atoms with E-state index in [2.05, 4.69) is 29.8 Å². The van der Waals surface area contributed by atoms with Gasteiger partial charge in [0.1, 0.15) is 146 Å². The van der Waals surface area contributed by atoms with Crippen molar-refractivity contribution in [1.82, 2.24) is 16.0 Å². The number of amides is 3. The maximum absolute atomic E-state index is 13.6. The van der Waals surface area contributed by atoms with E-state index in [9.17, 15) is 106 Å². The first-order valence-corrected chi connectivity index (χ1v) is 42.0. The summed E-state index contributed by atoms with van der Waals surface area (Å²) in [6.07, 6.45) is -18.1. The molecule has 6 saturated heterocycles. The van der Waals surface area contributed by atoms with E-state index < -0.39 is 254 Å². The summed E-state index contributed by atoms with van der Waals surface area (Å²) < 4.78 is 71.0. The van der Waals surface area contributed by atoms with Crippen LogP contribution in [0.15, 0.2) is 12.2 Å². The van der Waals surface area contributed by atoms with Crippen LogP contribution in [0.5, 0.6) is 0 Å². The Kier molecular flexibility index (Phi) is 47.0. The second-order valence-electron chi connectivity index (χ2n) is 31.4. The number of allylic oxidation sites excluding steroid dienone is 1. The highest BCUT2D eigenvalue weighted by atomic mass is 16.8. The first-order chi connectivity index (χ1) is 54.8. The SMILES string of the molecule is CCCCCCCCCCCCC/C=C/[C@@H](O)[C@H](CO[C@@H]1OC(CO)[C@@H](O[C@@H]2OC(CO)[C@H](O)[C@H](O[C@@H]3OC(CO)[C@@H](O[C@@H]4OC(CO)[C@H](O)[C@H](O[C@@H]5OC(CO)[C@@H](O)[C@H](O[C@@H]6OC(CO)[C@H](O)[C@H](O)C6O)C5NC(C)=O)C4O)[C@H](O)C3NC(C)=O)C2O)[C@H](O)C1O)NC(=O)CCCCCCCCCCCCCCCCCCC. The molecule has 6 aliphatic rings. The van der Waals surface area contributed by atoms with Crippen LogP contribution in [0.2, 0.25) is 0 Å². The Balaban J connectivity index is 1.09. The van der Waals surface area contributed by atoms with E-state index in [4.69, 9.17) is 56.8 Å². The molecule has 0 spiro atoms. The van der Waals surface area contributed by atoms with Gasteiger partial charge in [-0.1, -0.05) is 193 Å². The number of rotatable bonds is 54. The zero-order valence-electron chi connectivity index (χ0n) is 67.0. The van der Waals surface area contributed by atoms with Gasteiger partial charge in [0.15, 0.2) is 37.7 Å². The van der Waals surface area contributed by atoms with Crippen LogP contribution < -0.4 is 16.0 Å². The summed E-state index contributed by atoms with van der Waals surface area (Å²) >= 11 is 0. The largest absolute Gasteiger partial charge is 0.394 e. The number of aliphatic hydroxyl groups is 18. The maximum atomic E-state index is 13.6. The van der Waals surface area contributed by atoms with Gasteiger partial charge in [0.05, 0.1) is 58.4 Å². The Morgan fingerprint density at radius 3 is 1.10 bits per heavy atom. The number of hydrogen-bond donors (Lipinski definition) is 21. The standard InChI is InChI=1S/C78H141N3O33/c1-5-7-9-11-13-15-17-19-20-21-22-24-26-28-30-32-34-36-54(91)81-46(47(90)35-33-31-29-27-25-23-18-16-14-12-10-8-6-2)43-103-75-65(100)63(98)69(53(42-87)109-75)111-78-66(101)71(59(94)50(39-84)107-78)113-73-55(79-44(3)88)61(96)68(52(41-86)108-73)110-77-67(102)72(60(95)51(40-85)106-77)114-74-56(80-45(4)89)70(58(93)49(38-83)104-74)112-76-64(99)62(97)57(92)48(37-82)105-76/h33,35,46-53,55-78,82-87,90,92-102H,5-32,34,36-43H2,1-4H3,(H,79,88)(H,80,89)(H,81,91)/b35-33+/t46-,47+,48?,49?,50?,51?,52?,53?,55?,56?,57-,58+,59-,60-,61+,62-,63+,64?,65?,66?,67?,68+,69+,70+,71-,72-,73-,74-,75+,76-,77-,78-/m0/s1. The molecule has 36 nitrogen and oxygen atoms in total. The molecule has 0 aliphatic carbocycles. The number of unbranched alkanes of at least 4 members (excludes halogenated alkanes) is 27. The van der Waals surface area contributed by atoms with Crippen molar-refractivity contribution in [2.45, 2.75) is 417 Å². The molecule has 6 heterocycles. The fourth-order valence-corrected chi connectivity index (χ4v) is 15.4. The Hall–Kier alpha value is -3.05. The summed E-state index contributed by atoms with van der Waals surface area (Å²) in [5.41, 5.74) is 0. The van der Waals surface area contributed by atoms with Crippen LogP contribution in [0, 0.1) is 0 Å². The van der Waals surface area contributed by atoms with Crippen molar-refractivity contribution in [3.05, 3.63) is 12.2 Å². The number of nitrogens with one attached hydrogen (secondary N) is 3. The quantitative estimate of drug-likeness (QED) is 0.0240. The lowest BCUT2D eigenvalue weighted by atomic mass is 9.93. The average Bonchev–Trinajstić information content (AvgIpc) is 0.768. The van der Waals surface area contributed by atoms with Gasteiger partial charge in [-0.3, -0.25) is 14.4 Å². The molecule has 12 unspecified atom stereocenters. The molecule has 0 aromatic carbocycles. The minimum atomic E-state index is -2.26. The van der Waals surface area contributed by atoms with Crippen LogP contribution in [-0.4, -0.2) is 352 Å². The predicted molar refractivity (Wildman–Crippen MR) is 403 cm³/mol. The van der Waals surface area contributed by atoms with Gasteiger partial charge >= 0.3 is 0 Å². The molecule has 36 heteroatoms. The molecule has 21 N–H and O–H groups in total. The van der Waals surface area contributed by atoms with E-state index in [0.717, 1.165) is 65.2 Å². The van der Waals surface area contributed by atoms with Crippen molar-refractivity contribution in [2.75, 3.05) is 46.2 Å². The van der Waals surface area contributed by atoms with Crippen LogP contribution in [0.1, 0.15) is 220 Å². The Labute approximate surface area is 669 Å². The molecule has 0 aromatic heterocycles. The molecule has 0 saturated carbocycles. The van der Waals surface area contributed by atoms with Crippen molar-refractivity contribution in [2.24, 2.45) is 0 Å². The Morgan fingerprint density at radius 2 is 0.667 bits per heavy atom. The molecule has 114 heavy (non-hydrogen) atoms. The number of hydrogen-bond acceptors (Lipinski definition) is 33. The van der Waals surface area contributed by atoms with E-state index in [0.29, 0.717) is 12.8 Å². The highest BCUT2D eigenvalue weighted by Crippen LogP contribution is 2.38. The first kappa shape index (κ1) is 99.8. The average molecular weight is 1650 g/mol. The lowest BCUT2D eigenvalue weighted by molar-refractivity contribution is -0.387.